The summed E-state index contributed by atoms with van der Waals surface area (Å²) < 4.78 is 2.44. The number of hydrogen-bond donors (Lipinski definition) is 0. The molecule has 26 heavy (non-hydrogen) atoms. The number of aromatic nitrogens is 2. The second kappa shape index (κ2) is 4.83. The third-order valence-electron chi connectivity index (χ3n) is 5.25. The van der Waals surface area contributed by atoms with Crippen molar-refractivity contribution in [3.63, 3.8) is 0 Å². The van der Waals surface area contributed by atoms with Crippen molar-refractivity contribution in [2.75, 3.05) is 0 Å². The van der Waals surface area contributed by atoms with Crippen LogP contribution < -0.4 is 0 Å². The molecule has 0 saturated heterocycles. The SMILES string of the molecule is Cc1cc(C)nc(-c2cc3c4cccc5c6ccccc6n(c3s2)c54)c1. The minimum atomic E-state index is 1.07. The molecule has 0 fully saturated rings. The fourth-order valence-electron chi connectivity index (χ4n) is 4.28. The largest absolute Gasteiger partial charge is 0.299 e. The van der Waals surface area contributed by atoms with Crippen LogP contribution in [-0.4, -0.2) is 9.38 Å². The first-order chi connectivity index (χ1) is 12.7. The van der Waals surface area contributed by atoms with E-state index in [9.17, 15) is 0 Å². The normalized spacial score (nSPS) is 12.2. The molecule has 0 radical (unpaired) electrons. The van der Waals surface area contributed by atoms with Crippen LogP contribution in [0.15, 0.2) is 60.7 Å². The molecule has 0 bridgehead atoms. The number of hydrogen-bond acceptors (Lipinski definition) is 2. The predicted molar refractivity (Wildman–Crippen MR) is 112 cm³/mol. The van der Waals surface area contributed by atoms with Crippen LogP contribution >= 0.6 is 11.3 Å². The number of rotatable bonds is 1. The van der Waals surface area contributed by atoms with Gasteiger partial charge < -0.3 is 0 Å². The van der Waals surface area contributed by atoms with Crippen molar-refractivity contribution < 1.29 is 0 Å². The summed E-state index contributed by atoms with van der Waals surface area (Å²) in [6.45, 7) is 4.20. The summed E-state index contributed by atoms with van der Waals surface area (Å²) in [6.07, 6.45) is 0. The Hall–Kier alpha value is -2.91. The first-order valence-electron chi connectivity index (χ1n) is 8.83. The molecule has 0 unspecified atom stereocenters. The van der Waals surface area contributed by atoms with Gasteiger partial charge in [0.05, 0.1) is 21.6 Å². The zero-order valence-electron chi connectivity index (χ0n) is 14.6. The molecule has 0 aliphatic carbocycles. The lowest BCUT2D eigenvalue weighted by Gasteiger charge is -2.01. The molecule has 4 aromatic heterocycles. The molecule has 0 aliphatic heterocycles. The lowest BCUT2D eigenvalue weighted by atomic mass is 10.1. The van der Waals surface area contributed by atoms with E-state index in [1.165, 1.54) is 47.8 Å². The Labute approximate surface area is 154 Å². The number of benzene rings is 2. The lowest BCUT2D eigenvalue weighted by molar-refractivity contribution is 1.19. The van der Waals surface area contributed by atoms with E-state index in [2.05, 4.69) is 78.9 Å². The molecule has 0 saturated carbocycles. The van der Waals surface area contributed by atoms with Gasteiger partial charge in [0.15, 0.2) is 0 Å². The highest BCUT2D eigenvalue weighted by molar-refractivity contribution is 7.22. The van der Waals surface area contributed by atoms with Crippen LogP contribution in [0.1, 0.15) is 11.3 Å². The van der Waals surface area contributed by atoms with E-state index in [1.807, 2.05) is 11.3 Å². The van der Waals surface area contributed by atoms with Crippen molar-refractivity contribution in [2.45, 2.75) is 13.8 Å². The van der Waals surface area contributed by atoms with Crippen LogP contribution in [0.25, 0.3) is 48.0 Å². The minimum Gasteiger partial charge on any atom is -0.299 e. The van der Waals surface area contributed by atoms with Gasteiger partial charge >= 0.3 is 0 Å². The van der Waals surface area contributed by atoms with Crippen LogP contribution in [0.5, 0.6) is 0 Å². The molecule has 0 spiro atoms. The van der Waals surface area contributed by atoms with Gasteiger partial charge in [-0.05, 0) is 43.7 Å². The van der Waals surface area contributed by atoms with E-state index in [0.717, 1.165) is 11.4 Å². The van der Waals surface area contributed by atoms with Crippen molar-refractivity contribution in [1.29, 1.82) is 0 Å². The number of thiophene rings is 1. The summed E-state index contributed by atoms with van der Waals surface area (Å²) in [6, 6.07) is 22.0. The standard InChI is InChI=1S/C23H16N2S/c1-13-10-14(2)24-19(11-13)21-12-18-17-8-5-7-16-15-6-3-4-9-20(15)25(22(16)17)23(18)26-21/h3-12H,1-2H3. The maximum absolute atomic E-state index is 4.77. The molecule has 4 heterocycles. The number of nitrogens with zero attached hydrogens (tertiary/aromatic N) is 2. The Kier molecular flexibility index (Phi) is 2.65. The molecule has 0 aliphatic rings. The summed E-state index contributed by atoms with van der Waals surface area (Å²) in [5.41, 5.74) is 6.04. The molecule has 6 rings (SSSR count). The zero-order valence-corrected chi connectivity index (χ0v) is 15.4. The smallest absolute Gasteiger partial charge is 0.109 e. The molecule has 0 N–H and O–H groups in total. The second-order valence-electron chi connectivity index (χ2n) is 7.05. The van der Waals surface area contributed by atoms with E-state index in [1.54, 1.807) is 0 Å². The fraction of sp³-hybridized carbons (Fsp3) is 0.0870. The zero-order chi connectivity index (χ0) is 17.4. The van der Waals surface area contributed by atoms with Gasteiger partial charge in [-0.3, -0.25) is 9.38 Å². The van der Waals surface area contributed by atoms with Gasteiger partial charge in [-0.2, -0.15) is 0 Å². The first-order valence-corrected chi connectivity index (χ1v) is 9.65. The van der Waals surface area contributed by atoms with Gasteiger partial charge in [0.1, 0.15) is 4.83 Å². The molecule has 2 aromatic carbocycles. The minimum absolute atomic E-state index is 1.07. The van der Waals surface area contributed by atoms with Gasteiger partial charge in [0.25, 0.3) is 0 Å². The van der Waals surface area contributed by atoms with Crippen molar-refractivity contribution in [1.82, 2.24) is 9.38 Å². The molecule has 6 aromatic rings. The summed E-state index contributed by atoms with van der Waals surface area (Å²) in [5, 5.41) is 5.33. The average Bonchev–Trinajstić information content (AvgIpc) is 3.28. The van der Waals surface area contributed by atoms with Crippen molar-refractivity contribution in [3.8, 4) is 10.6 Å². The number of para-hydroxylation sites is 2. The van der Waals surface area contributed by atoms with E-state index in [-0.39, 0.29) is 0 Å². The van der Waals surface area contributed by atoms with Crippen molar-refractivity contribution in [2.24, 2.45) is 0 Å². The molecule has 3 heteroatoms. The summed E-state index contributed by atoms with van der Waals surface area (Å²) in [4.78, 5) is 7.32. The Balaban J connectivity index is 1.78. The lowest BCUT2D eigenvalue weighted by Crippen LogP contribution is -1.86. The van der Waals surface area contributed by atoms with Crippen molar-refractivity contribution in [3.05, 3.63) is 71.9 Å². The van der Waals surface area contributed by atoms with Gasteiger partial charge in [-0.25, -0.2) is 0 Å². The topological polar surface area (TPSA) is 17.3 Å². The summed E-state index contributed by atoms with van der Waals surface area (Å²) >= 11 is 1.84. The Morgan fingerprint density at radius 3 is 2.42 bits per heavy atom. The van der Waals surface area contributed by atoms with Crippen LogP contribution in [0.2, 0.25) is 0 Å². The fourth-order valence-corrected chi connectivity index (χ4v) is 5.44. The third-order valence-corrected chi connectivity index (χ3v) is 6.39. The monoisotopic (exact) mass is 352 g/mol. The van der Waals surface area contributed by atoms with Gasteiger partial charge in [-0.1, -0.05) is 36.4 Å². The average molecular weight is 352 g/mol. The van der Waals surface area contributed by atoms with Gasteiger partial charge in [-0.15, -0.1) is 11.3 Å². The first kappa shape index (κ1) is 14.3. The van der Waals surface area contributed by atoms with E-state index in [4.69, 9.17) is 4.98 Å². The van der Waals surface area contributed by atoms with Crippen LogP contribution in [-0.2, 0) is 0 Å². The summed E-state index contributed by atoms with van der Waals surface area (Å²) in [7, 11) is 0. The van der Waals surface area contributed by atoms with E-state index < -0.39 is 0 Å². The summed E-state index contributed by atoms with van der Waals surface area (Å²) in [5.74, 6) is 0. The van der Waals surface area contributed by atoms with Gasteiger partial charge in [0, 0.05) is 27.2 Å². The Morgan fingerprint density at radius 1 is 0.808 bits per heavy atom. The Morgan fingerprint density at radius 2 is 1.58 bits per heavy atom. The maximum Gasteiger partial charge on any atom is 0.109 e. The molecule has 0 atom stereocenters. The Bertz CT molecular complexity index is 1430. The quantitative estimate of drug-likeness (QED) is 0.327. The number of pyridine rings is 1. The molecule has 0 amide bonds. The molecular weight excluding hydrogens is 336 g/mol. The van der Waals surface area contributed by atoms with Crippen LogP contribution in [0.4, 0.5) is 0 Å². The highest BCUT2D eigenvalue weighted by Gasteiger charge is 2.19. The highest BCUT2D eigenvalue weighted by atomic mass is 32.1. The molecular formula is C23H16N2S. The van der Waals surface area contributed by atoms with Crippen LogP contribution in [0, 0.1) is 13.8 Å². The third kappa shape index (κ3) is 1.73. The maximum atomic E-state index is 4.77. The van der Waals surface area contributed by atoms with Crippen molar-refractivity contribution >= 4 is 48.7 Å². The number of aryl methyl sites for hydroxylation is 2. The van der Waals surface area contributed by atoms with Gasteiger partial charge in [0.2, 0.25) is 0 Å². The van der Waals surface area contributed by atoms with E-state index >= 15 is 0 Å². The van der Waals surface area contributed by atoms with E-state index in [0.29, 0.717) is 0 Å². The molecule has 2 nitrogen and oxygen atoms in total. The molecule has 124 valence electrons. The predicted octanol–water partition coefficient (Wildman–Crippen LogP) is 6.58. The van der Waals surface area contributed by atoms with Crippen LogP contribution in [0.3, 0.4) is 0 Å². The second-order valence-corrected chi connectivity index (χ2v) is 8.09. The highest BCUT2D eigenvalue weighted by Crippen LogP contribution is 2.43. The number of fused-ring (bicyclic) bond motifs is 6.